The van der Waals surface area contributed by atoms with Gasteiger partial charge < -0.3 is 4.74 Å². The fourth-order valence-corrected chi connectivity index (χ4v) is 0.928. The minimum Gasteiger partial charge on any atom is -0.460 e. The number of hydrogen-bond donors (Lipinski definition) is 0. The lowest BCUT2D eigenvalue weighted by Gasteiger charge is -2.02. The summed E-state index contributed by atoms with van der Waals surface area (Å²) < 4.78 is 6.81. The van der Waals surface area contributed by atoms with Crippen LogP contribution in [0.25, 0.3) is 0 Å². The van der Waals surface area contributed by atoms with E-state index >= 15 is 0 Å². The zero-order valence-electron chi connectivity index (χ0n) is 5.95. The van der Waals surface area contributed by atoms with Gasteiger partial charge in [-0.25, -0.2) is 0 Å². The Morgan fingerprint density at radius 3 is 2.50 bits per heavy atom. The molecule has 0 bridgehead atoms. The van der Waals surface area contributed by atoms with Gasteiger partial charge in [0.2, 0.25) is 0 Å². The first-order chi connectivity index (χ1) is 5.57. The molecule has 0 rings (SSSR count). The van der Waals surface area contributed by atoms with E-state index in [1.54, 1.807) is 0 Å². The zero-order chi connectivity index (χ0) is 9.56. The Labute approximate surface area is 112 Å². The van der Waals surface area contributed by atoms with Crippen LogP contribution in [0.15, 0.2) is 6.07 Å². The van der Waals surface area contributed by atoms with Crippen molar-refractivity contribution in [2.75, 3.05) is 12.5 Å². The fourth-order valence-electron chi connectivity index (χ4n) is 0.348. The lowest BCUT2D eigenvalue weighted by atomic mass is 10.5. The predicted octanol–water partition coefficient (Wildman–Crippen LogP) is 3.59. The van der Waals surface area contributed by atoms with Crippen molar-refractivity contribution in [1.82, 2.24) is 0 Å². The number of esters is 1. The predicted molar refractivity (Wildman–Crippen MR) is 70.3 cm³/mol. The Balaban J connectivity index is 3.69. The van der Waals surface area contributed by atoms with Crippen LogP contribution < -0.4 is 0 Å². The van der Waals surface area contributed by atoms with Crippen molar-refractivity contribution >= 4 is 78.7 Å². The molecule has 70 valence electrons. The van der Waals surface area contributed by atoms with E-state index in [-0.39, 0.29) is 12.4 Å². The van der Waals surface area contributed by atoms with E-state index in [9.17, 15) is 4.79 Å². The van der Waals surface area contributed by atoms with Crippen molar-refractivity contribution in [3.63, 3.8) is 0 Å². The third-order valence-electron chi connectivity index (χ3n) is 0.864. The third-order valence-corrected chi connectivity index (χ3v) is 4.81. The van der Waals surface area contributed by atoms with Gasteiger partial charge in [-0.2, -0.15) is 0 Å². The largest absolute Gasteiger partial charge is 0.460 e. The van der Waals surface area contributed by atoms with Crippen molar-refractivity contribution in [1.29, 1.82) is 0 Å². The van der Waals surface area contributed by atoms with Gasteiger partial charge in [0.25, 0.3) is 0 Å². The molecule has 0 atom stereocenters. The molecular formula is C6H6BrClI2O2. The average molecular weight is 479 g/mol. The van der Waals surface area contributed by atoms with Crippen molar-refractivity contribution in [2.45, 2.75) is 6.42 Å². The van der Waals surface area contributed by atoms with Gasteiger partial charge in [0.1, 0.15) is 6.61 Å². The number of alkyl halides is 1. The highest BCUT2D eigenvalue weighted by Gasteiger charge is 2.03. The molecule has 0 fully saturated rings. The van der Waals surface area contributed by atoms with Gasteiger partial charge in [-0.05, 0) is 61.1 Å². The van der Waals surface area contributed by atoms with Crippen LogP contribution in [0, 0.1) is 0 Å². The first-order valence-electron chi connectivity index (χ1n) is 2.99. The number of carbonyl (C=O) groups is 1. The van der Waals surface area contributed by atoms with E-state index in [0.717, 1.165) is 6.07 Å². The Bertz CT molecular complexity index is 192. The number of rotatable bonds is 4. The highest BCUT2D eigenvalue weighted by molar-refractivity contribution is 14.1. The smallest absolute Gasteiger partial charge is 0.307 e. The maximum absolute atomic E-state index is 10.8. The first kappa shape index (κ1) is 13.4. The molecule has 0 saturated carbocycles. The highest BCUT2D eigenvalue weighted by Crippen LogP contribution is 2.24. The minimum absolute atomic E-state index is 0.260. The van der Waals surface area contributed by atoms with E-state index in [1.165, 1.54) is 0 Å². The molecule has 0 N–H and O–H groups in total. The van der Waals surface area contributed by atoms with Gasteiger partial charge in [0, 0.05) is 9.46 Å². The minimum atomic E-state index is -0.260. The Morgan fingerprint density at radius 2 is 2.08 bits per heavy atom. The van der Waals surface area contributed by atoms with Gasteiger partial charge in [0.05, 0.1) is 8.91 Å². The van der Waals surface area contributed by atoms with Crippen LogP contribution in [-0.4, -0.2) is 18.5 Å². The third kappa shape index (κ3) is 6.90. The number of hydrogen-bond acceptors (Lipinski definition) is 2. The molecule has 0 aromatic heterocycles. The second kappa shape index (κ2) is 7.81. The Morgan fingerprint density at radius 1 is 1.50 bits per heavy atom. The summed E-state index contributed by atoms with van der Waals surface area (Å²) in [6, 6.07) is 0. The van der Waals surface area contributed by atoms with Crippen LogP contribution in [0.1, 0.15) is 6.42 Å². The molecule has 0 amide bonds. The lowest BCUT2D eigenvalue weighted by Crippen LogP contribution is -2.06. The second-order valence-electron chi connectivity index (χ2n) is 1.76. The topological polar surface area (TPSA) is 26.3 Å². The van der Waals surface area contributed by atoms with Gasteiger partial charge in [0.15, 0.2) is 0 Å². The molecule has 0 radical (unpaired) electrons. The molecule has 0 aliphatic heterocycles. The summed E-state index contributed by atoms with van der Waals surface area (Å²) in [4.78, 5) is 10.8. The van der Waals surface area contributed by atoms with Gasteiger partial charge in [-0.15, -0.1) is 11.6 Å². The molecule has 0 aromatic rings. The fraction of sp³-hybridized carbons (Fsp3) is 0.500. The summed E-state index contributed by atoms with van der Waals surface area (Å²) in [7, 11) is 0. The standard InChI is InChI=1S/C6H6BrClI2O2/c7-6(10)4(9)3-12-5(11)1-2-8/h1-3H2/b6-4-. The number of ether oxygens (including phenoxy) is 1. The maximum atomic E-state index is 10.8. The summed E-state index contributed by atoms with van der Waals surface area (Å²) in [5.41, 5.74) is 0. The molecule has 12 heavy (non-hydrogen) atoms. The van der Waals surface area contributed by atoms with Gasteiger partial charge >= 0.3 is 5.97 Å². The molecule has 0 aliphatic rings. The van der Waals surface area contributed by atoms with E-state index < -0.39 is 0 Å². The molecule has 0 aliphatic carbocycles. The van der Waals surface area contributed by atoms with Gasteiger partial charge in [-0.3, -0.25) is 4.79 Å². The SMILES string of the molecule is O=C(CCCl)OC/C(I)=C(\Br)I. The number of halogens is 4. The van der Waals surface area contributed by atoms with E-state index in [0.29, 0.717) is 12.5 Å². The van der Waals surface area contributed by atoms with Crippen molar-refractivity contribution in [2.24, 2.45) is 0 Å². The highest BCUT2D eigenvalue weighted by atomic mass is 127. The average Bonchev–Trinajstić information content (AvgIpc) is 2.00. The summed E-state index contributed by atoms with van der Waals surface area (Å²) in [5.74, 6) is 0.0502. The van der Waals surface area contributed by atoms with Crippen molar-refractivity contribution in [3.8, 4) is 0 Å². The Hall–Kier alpha value is 1.44. The Kier molecular flexibility index (Phi) is 8.74. The molecule has 6 heteroatoms. The second-order valence-corrected chi connectivity index (χ2v) is 6.80. The molecular weight excluding hydrogens is 473 g/mol. The van der Waals surface area contributed by atoms with E-state index in [1.807, 2.05) is 0 Å². The molecule has 0 saturated heterocycles. The summed E-state index contributed by atoms with van der Waals surface area (Å²) >= 11 is 12.8. The normalized spacial score (nSPS) is 12.3. The van der Waals surface area contributed by atoms with Crippen LogP contribution >= 0.6 is 72.7 Å². The molecule has 2 nitrogen and oxygen atoms in total. The van der Waals surface area contributed by atoms with Gasteiger partial charge in [-0.1, -0.05) is 0 Å². The summed E-state index contributed by atoms with van der Waals surface area (Å²) in [5, 5.41) is 0. The quantitative estimate of drug-likeness (QED) is 0.350. The van der Waals surface area contributed by atoms with Crippen molar-refractivity contribution in [3.05, 3.63) is 6.07 Å². The van der Waals surface area contributed by atoms with E-state index in [2.05, 4.69) is 61.1 Å². The summed E-state index contributed by atoms with van der Waals surface area (Å²) in [6.07, 6.45) is 0.268. The van der Waals surface area contributed by atoms with Crippen LogP contribution in [0.3, 0.4) is 0 Å². The molecule has 0 heterocycles. The monoisotopic (exact) mass is 478 g/mol. The lowest BCUT2D eigenvalue weighted by molar-refractivity contribution is -0.141. The molecule has 0 unspecified atom stereocenters. The van der Waals surface area contributed by atoms with Crippen LogP contribution in [-0.2, 0) is 9.53 Å². The van der Waals surface area contributed by atoms with Crippen LogP contribution in [0.5, 0.6) is 0 Å². The molecule has 0 aromatic carbocycles. The maximum Gasteiger partial charge on any atom is 0.307 e. The first-order valence-corrected chi connectivity index (χ1v) is 6.47. The van der Waals surface area contributed by atoms with Crippen LogP contribution in [0.4, 0.5) is 0 Å². The summed E-state index contributed by atoms with van der Waals surface area (Å²) in [6.45, 7) is 0.319. The zero-order valence-corrected chi connectivity index (χ0v) is 12.6. The van der Waals surface area contributed by atoms with Crippen molar-refractivity contribution < 1.29 is 9.53 Å². The molecule has 0 spiro atoms. The van der Waals surface area contributed by atoms with Crippen LogP contribution in [0.2, 0.25) is 0 Å². The number of carbonyl (C=O) groups excluding carboxylic acids is 1. The van der Waals surface area contributed by atoms with E-state index in [4.69, 9.17) is 16.3 Å².